The third-order valence-electron chi connectivity index (χ3n) is 1.36. The number of Topliss-reactive ketones (excluding diaryl/α,β-unsaturated/α-hetero) is 1. The van der Waals surface area contributed by atoms with Crippen molar-refractivity contribution >= 4 is 17.3 Å². The molecule has 1 aromatic rings. The Bertz CT molecular complexity index is 296. The normalized spacial score (nSPS) is 9.55. The van der Waals surface area contributed by atoms with Crippen LogP contribution in [0.15, 0.2) is 12.3 Å². The van der Waals surface area contributed by atoms with Gasteiger partial charge in [0, 0.05) is 11.8 Å². The Morgan fingerprint density at radius 3 is 2.64 bits per heavy atom. The Balaban J connectivity index is 3.15. The summed E-state index contributed by atoms with van der Waals surface area (Å²) in [6.45, 7) is 1.45. The molecular weight excluding hydrogens is 142 g/mol. The van der Waals surface area contributed by atoms with E-state index >= 15 is 0 Å². The van der Waals surface area contributed by atoms with Crippen LogP contribution < -0.4 is 11.5 Å². The Morgan fingerprint density at radius 2 is 2.18 bits per heavy atom. The number of hydrogen-bond acceptors (Lipinski definition) is 4. The molecule has 11 heavy (non-hydrogen) atoms. The molecule has 4 N–H and O–H groups in total. The molecule has 0 aliphatic heterocycles. The lowest BCUT2D eigenvalue weighted by atomic mass is 10.2. The fourth-order valence-corrected chi connectivity index (χ4v) is 0.685. The zero-order chi connectivity index (χ0) is 8.43. The summed E-state index contributed by atoms with van der Waals surface area (Å²) in [5.41, 5.74) is 11.6. The molecule has 0 aliphatic carbocycles. The van der Waals surface area contributed by atoms with Gasteiger partial charge in [-0.1, -0.05) is 0 Å². The van der Waals surface area contributed by atoms with Gasteiger partial charge in [-0.3, -0.25) is 4.79 Å². The van der Waals surface area contributed by atoms with Gasteiger partial charge in [-0.25, -0.2) is 4.98 Å². The topological polar surface area (TPSA) is 82.0 Å². The van der Waals surface area contributed by atoms with Crippen molar-refractivity contribution in [1.82, 2.24) is 4.98 Å². The summed E-state index contributed by atoms with van der Waals surface area (Å²) < 4.78 is 0. The van der Waals surface area contributed by atoms with Gasteiger partial charge in [-0.2, -0.15) is 0 Å². The maximum absolute atomic E-state index is 10.8. The number of pyridine rings is 1. The van der Waals surface area contributed by atoms with Crippen LogP contribution in [-0.2, 0) is 0 Å². The first-order valence-corrected chi connectivity index (χ1v) is 3.13. The summed E-state index contributed by atoms with van der Waals surface area (Å²) in [6, 6.07) is 1.52. The summed E-state index contributed by atoms with van der Waals surface area (Å²) in [5.74, 6) is 0.194. The van der Waals surface area contributed by atoms with Crippen LogP contribution in [0.4, 0.5) is 11.5 Å². The van der Waals surface area contributed by atoms with Gasteiger partial charge in [-0.15, -0.1) is 0 Å². The molecule has 0 amide bonds. The molecular formula is C7H9N3O. The van der Waals surface area contributed by atoms with E-state index in [-0.39, 0.29) is 11.6 Å². The molecule has 58 valence electrons. The highest BCUT2D eigenvalue weighted by Crippen LogP contribution is 2.12. The third kappa shape index (κ3) is 1.46. The number of aromatic nitrogens is 1. The second-order valence-electron chi connectivity index (χ2n) is 2.25. The van der Waals surface area contributed by atoms with Crippen molar-refractivity contribution in [3.63, 3.8) is 0 Å². The van der Waals surface area contributed by atoms with Crippen molar-refractivity contribution in [3.8, 4) is 0 Å². The number of nitrogen functional groups attached to an aromatic ring is 2. The molecule has 0 unspecified atom stereocenters. The van der Waals surface area contributed by atoms with E-state index in [2.05, 4.69) is 4.98 Å². The Kier molecular flexibility index (Phi) is 1.76. The average molecular weight is 151 g/mol. The number of nitrogens with two attached hydrogens (primary N) is 2. The van der Waals surface area contributed by atoms with E-state index in [0.29, 0.717) is 11.3 Å². The molecule has 4 nitrogen and oxygen atoms in total. The number of hydrogen-bond donors (Lipinski definition) is 2. The Labute approximate surface area is 64.2 Å². The van der Waals surface area contributed by atoms with E-state index in [1.807, 2.05) is 0 Å². The van der Waals surface area contributed by atoms with Crippen molar-refractivity contribution in [2.45, 2.75) is 6.92 Å². The second kappa shape index (κ2) is 2.57. The minimum absolute atomic E-state index is 0.0656. The highest BCUT2D eigenvalue weighted by Gasteiger charge is 2.01. The Hall–Kier alpha value is -1.58. The second-order valence-corrected chi connectivity index (χ2v) is 2.25. The molecule has 0 aliphatic rings. The molecule has 0 bridgehead atoms. The summed E-state index contributed by atoms with van der Waals surface area (Å²) in [7, 11) is 0. The number of carbonyl (C=O) groups excluding carboxylic acids is 1. The molecule has 1 rings (SSSR count). The maximum atomic E-state index is 10.8. The number of carbonyl (C=O) groups is 1. The van der Waals surface area contributed by atoms with Crippen molar-refractivity contribution in [2.24, 2.45) is 0 Å². The molecule has 0 spiro atoms. The van der Waals surface area contributed by atoms with Crippen LogP contribution in [0.1, 0.15) is 17.3 Å². The molecule has 0 aromatic carbocycles. The van der Waals surface area contributed by atoms with Gasteiger partial charge in [0.25, 0.3) is 0 Å². The van der Waals surface area contributed by atoms with Gasteiger partial charge in [0.15, 0.2) is 5.78 Å². The Morgan fingerprint density at radius 1 is 1.55 bits per heavy atom. The summed E-state index contributed by atoms with van der Waals surface area (Å²) >= 11 is 0. The summed E-state index contributed by atoms with van der Waals surface area (Å²) in [5, 5.41) is 0. The number of ketones is 1. The zero-order valence-electron chi connectivity index (χ0n) is 6.16. The predicted octanol–water partition coefficient (Wildman–Crippen LogP) is 0.449. The van der Waals surface area contributed by atoms with Gasteiger partial charge in [0.05, 0.1) is 5.69 Å². The monoisotopic (exact) mass is 151 g/mol. The van der Waals surface area contributed by atoms with Gasteiger partial charge < -0.3 is 11.5 Å². The molecule has 0 radical (unpaired) electrons. The molecule has 1 heterocycles. The van der Waals surface area contributed by atoms with Crippen LogP contribution >= 0.6 is 0 Å². The zero-order valence-corrected chi connectivity index (χ0v) is 6.16. The van der Waals surface area contributed by atoms with Gasteiger partial charge in [0.1, 0.15) is 5.82 Å². The molecule has 1 aromatic heterocycles. The largest absolute Gasteiger partial charge is 0.396 e. The van der Waals surface area contributed by atoms with Crippen LogP contribution in [-0.4, -0.2) is 10.8 Å². The fraction of sp³-hybridized carbons (Fsp3) is 0.143. The van der Waals surface area contributed by atoms with Crippen LogP contribution in [0.5, 0.6) is 0 Å². The highest BCUT2D eigenvalue weighted by atomic mass is 16.1. The summed E-state index contributed by atoms with van der Waals surface area (Å²) in [6.07, 6.45) is 1.41. The van der Waals surface area contributed by atoms with Crippen molar-refractivity contribution in [1.29, 1.82) is 0 Å². The van der Waals surface area contributed by atoms with Crippen molar-refractivity contribution in [3.05, 3.63) is 17.8 Å². The molecule has 0 atom stereocenters. The lowest BCUT2D eigenvalue weighted by Crippen LogP contribution is -2.01. The van der Waals surface area contributed by atoms with Gasteiger partial charge in [0.2, 0.25) is 0 Å². The van der Waals surface area contributed by atoms with Crippen LogP contribution in [0.3, 0.4) is 0 Å². The van der Waals surface area contributed by atoms with Gasteiger partial charge >= 0.3 is 0 Å². The predicted molar refractivity (Wildman–Crippen MR) is 43.1 cm³/mol. The van der Waals surface area contributed by atoms with Crippen LogP contribution in [0, 0.1) is 0 Å². The molecule has 4 heteroatoms. The van der Waals surface area contributed by atoms with E-state index < -0.39 is 0 Å². The lowest BCUT2D eigenvalue weighted by molar-refractivity contribution is 0.101. The highest BCUT2D eigenvalue weighted by molar-refractivity contribution is 5.95. The maximum Gasteiger partial charge on any atom is 0.161 e. The first-order chi connectivity index (χ1) is 5.11. The first-order valence-electron chi connectivity index (χ1n) is 3.13. The fourth-order valence-electron chi connectivity index (χ4n) is 0.685. The lowest BCUT2D eigenvalue weighted by Gasteiger charge is -1.99. The molecule has 0 fully saturated rings. The molecule has 0 saturated carbocycles. The molecule has 0 saturated heterocycles. The quantitative estimate of drug-likeness (QED) is 0.571. The first kappa shape index (κ1) is 7.53. The number of rotatable bonds is 1. The van der Waals surface area contributed by atoms with E-state index in [4.69, 9.17) is 11.5 Å². The van der Waals surface area contributed by atoms with E-state index in [0.717, 1.165) is 0 Å². The van der Waals surface area contributed by atoms with Crippen molar-refractivity contribution in [2.75, 3.05) is 11.5 Å². The average Bonchev–Trinajstić information content (AvgIpc) is 1.94. The smallest absolute Gasteiger partial charge is 0.161 e. The third-order valence-corrected chi connectivity index (χ3v) is 1.36. The SMILES string of the molecule is CC(=O)c1cnc(N)c(N)c1. The number of nitrogens with zero attached hydrogens (tertiary/aromatic N) is 1. The van der Waals surface area contributed by atoms with E-state index in [1.165, 1.54) is 19.2 Å². The van der Waals surface area contributed by atoms with Crippen molar-refractivity contribution < 1.29 is 4.79 Å². The number of anilines is 2. The van der Waals surface area contributed by atoms with Crippen LogP contribution in [0.2, 0.25) is 0 Å². The summed E-state index contributed by atoms with van der Waals surface area (Å²) in [4.78, 5) is 14.5. The van der Waals surface area contributed by atoms with E-state index in [1.54, 1.807) is 0 Å². The minimum Gasteiger partial charge on any atom is -0.396 e. The van der Waals surface area contributed by atoms with E-state index in [9.17, 15) is 4.79 Å². The van der Waals surface area contributed by atoms with Gasteiger partial charge in [-0.05, 0) is 13.0 Å². The minimum atomic E-state index is -0.0656. The van der Waals surface area contributed by atoms with Crippen LogP contribution in [0.25, 0.3) is 0 Å². The standard InChI is InChI=1S/C7H9N3O/c1-4(11)5-2-6(8)7(9)10-3-5/h2-3H,8H2,1H3,(H2,9,10).